The average Bonchev–Trinajstić information content (AvgIpc) is 2.94. The first kappa shape index (κ1) is 35.4. The minimum Gasteiger partial charge on any atom is -0.481 e. The van der Waals surface area contributed by atoms with Crippen molar-refractivity contribution >= 4 is 17.9 Å². The molecule has 9 heteroatoms. The van der Waals surface area contributed by atoms with Crippen LogP contribution in [0, 0.1) is 5.92 Å². The van der Waals surface area contributed by atoms with Crippen LogP contribution in [-0.4, -0.2) is 64.9 Å². The van der Waals surface area contributed by atoms with E-state index < -0.39 is 41.5 Å². The van der Waals surface area contributed by atoms with Gasteiger partial charge in [-0.15, -0.1) is 0 Å². The first-order chi connectivity index (χ1) is 19.8. The van der Waals surface area contributed by atoms with Gasteiger partial charge in [-0.3, -0.25) is 9.59 Å². The predicted octanol–water partition coefficient (Wildman–Crippen LogP) is 5.96. The van der Waals surface area contributed by atoms with E-state index in [1.807, 2.05) is 19.1 Å². The highest BCUT2D eigenvalue weighted by Gasteiger charge is 2.54. The van der Waals surface area contributed by atoms with Crippen molar-refractivity contribution in [2.24, 2.45) is 5.92 Å². The summed E-state index contributed by atoms with van der Waals surface area (Å²) in [5, 5.41) is 18.6. The molecule has 0 aromatic carbocycles. The molecule has 2 heterocycles. The zero-order valence-corrected chi connectivity index (χ0v) is 26.1. The lowest BCUT2D eigenvalue weighted by Crippen LogP contribution is -2.59. The third kappa shape index (κ3) is 11.2. The molecular weight excluding hydrogens is 540 g/mol. The first-order valence-electron chi connectivity index (χ1n) is 15.1. The van der Waals surface area contributed by atoms with Gasteiger partial charge in [0, 0.05) is 18.9 Å². The van der Waals surface area contributed by atoms with Gasteiger partial charge in [0.2, 0.25) is 0 Å². The van der Waals surface area contributed by atoms with Gasteiger partial charge in [-0.05, 0) is 64.4 Å². The van der Waals surface area contributed by atoms with E-state index in [-0.39, 0.29) is 18.9 Å². The molecule has 0 aliphatic carbocycles. The van der Waals surface area contributed by atoms with Crippen molar-refractivity contribution in [3.05, 3.63) is 47.6 Å². The number of carboxylic acids is 1. The second-order valence-corrected chi connectivity index (χ2v) is 11.7. The number of allylic oxidation sites excluding steroid dienone is 4. The summed E-state index contributed by atoms with van der Waals surface area (Å²) in [7, 11) is 1.31. The number of carbonyl (C=O) groups is 3. The number of ether oxygens (including phenoxy) is 4. The highest BCUT2D eigenvalue weighted by molar-refractivity contribution is 5.83. The van der Waals surface area contributed by atoms with Crippen LogP contribution in [0.25, 0.3) is 0 Å². The number of aliphatic carboxylic acids is 1. The summed E-state index contributed by atoms with van der Waals surface area (Å²) in [6, 6.07) is 0. The quantitative estimate of drug-likeness (QED) is 0.143. The molecule has 2 aliphatic heterocycles. The molecule has 2 N–H and O–H groups in total. The molecule has 9 nitrogen and oxygen atoms in total. The van der Waals surface area contributed by atoms with Gasteiger partial charge < -0.3 is 29.2 Å². The van der Waals surface area contributed by atoms with Crippen molar-refractivity contribution in [2.45, 2.75) is 129 Å². The van der Waals surface area contributed by atoms with E-state index in [0.717, 1.165) is 24.8 Å². The predicted molar refractivity (Wildman–Crippen MR) is 159 cm³/mol. The number of unbranched alkanes of at least 4 members (excludes halogenated alkanes) is 1. The zero-order valence-electron chi connectivity index (χ0n) is 26.1. The molecule has 0 amide bonds. The maximum Gasteiger partial charge on any atom is 0.330 e. The van der Waals surface area contributed by atoms with Crippen LogP contribution >= 0.6 is 0 Å². The van der Waals surface area contributed by atoms with Crippen molar-refractivity contribution in [3.8, 4) is 0 Å². The van der Waals surface area contributed by atoms with E-state index in [4.69, 9.17) is 24.1 Å². The number of carbonyl (C=O) groups excluding carboxylic acids is 2. The first-order valence-corrected chi connectivity index (χ1v) is 15.1. The van der Waals surface area contributed by atoms with E-state index in [9.17, 15) is 19.5 Å². The zero-order chi connectivity index (χ0) is 31.3. The molecule has 0 radical (unpaired) electrons. The van der Waals surface area contributed by atoms with Crippen LogP contribution in [-0.2, 0) is 33.3 Å². The Bertz CT molecular complexity index is 1040. The number of methoxy groups -OCH3 is 1. The highest BCUT2D eigenvalue weighted by atomic mass is 16.7. The summed E-state index contributed by atoms with van der Waals surface area (Å²) in [6.45, 7) is 9.70. The van der Waals surface area contributed by atoms with Crippen molar-refractivity contribution in [2.75, 3.05) is 7.11 Å². The molecule has 236 valence electrons. The van der Waals surface area contributed by atoms with Gasteiger partial charge in [-0.1, -0.05) is 56.2 Å². The summed E-state index contributed by atoms with van der Waals surface area (Å²) in [4.78, 5) is 35.7. The van der Waals surface area contributed by atoms with E-state index in [1.165, 1.54) is 13.2 Å². The summed E-state index contributed by atoms with van der Waals surface area (Å²) in [5.74, 6) is -2.67. The Kier molecular flexibility index (Phi) is 14.2. The lowest BCUT2D eigenvalue weighted by Gasteiger charge is -2.53. The monoisotopic (exact) mass is 590 g/mol. The molecular formula is C33H50O9. The molecule has 2 fully saturated rings. The normalized spacial score (nSPS) is 29.6. The van der Waals surface area contributed by atoms with E-state index in [2.05, 4.69) is 19.9 Å². The molecule has 1 unspecified atom stereocenters. The summed E-state index contributed by atoms with van der Waals surface area (Å²) >= 11 is 0. The lowest BCUT2D eigenvalue weighted by molar-refractivity contribution is -0.344. The Labute approximate surface area is 250 Å². The number of carboxylic acid groups (broad SMARTS) is 1. The Morgan fingerprint density at radius 2 is 1.81 bits per heavy atom. The van der Waals surface area contributed by atoms with Crippen LogP contribution in [0.4, 0.5) is 0 Å². The molecule has 0 aromatic heterocycles. The Balaban J connectivity index is 2.39. The fraction of sp³-hybridized carbons (Fsp3) is 0.667. The summed E-state index contributed by atoms with van der Waals surface area (Å²) in [6.07, 6.45) is 14.4. The number of hydrogen-bond acceptors (Lipinski definition) is 8. The van der Waals surface area contributed by atoms with E-state index in [1.54, 1.807) is 26.0 Å². The third-order valence-corrected chi connectivity index (χ3v) is 7.97. The van der Waals surface area contributed by atoms with Crippen LogP contribution in [0.15, 0.2) is 47.6 Å². The van der Waals surface area contributed by atoms with Crippen LogP contribution in [0.2, 0.25) is 0 Å². The molecule has 0 bridgehead atoms. The van der Waals surface area contributed by atoms with Crippen LogP contribution in [0.3, 0.4) is 0 Å². The maximum absolute atomic E-state index is 12.9. The van der Waals surface area contributed by atoms with Crippen molar-refractivity contribution < 1.29 is 43.5 Å². The number of aliphatic hydroxyl groups excluding tert-OH is 1. The molecule has 6 atom stereocenters. The Morgan fingerprint density at radius 1 is 1.07 bits per heavy atom. The van der Waals surface area contributed by atoms with Gasteiger partial charge in [0.05, 0.1) is 32.2 Å². The van der Waals surface area contributed by atoms with Crippen molar-refractivity contribution in [1.29, 1.82) is 0 Å². The molecule has 2 aliphatic rings. The number of esters is 2. The number of rotatable bonds is 14. The van der Waals surface area contributed by atoms with Crippen molar-refractivity contribution in [3.63, 3.8) is 0 Å². The van der Waals surface area contributed by atoms with Gasteiger partial charge in [-0.2, -0.15) is 0 Å². The molecule has 2 rings (SSSR count). The van der Waals surface area contributed by atoms with Gasteiger partial charge in [-0.25, -0.2) is 4.79 Å². The number of hydrogen-bond donors (Lipinski definition) is 2. The van der Waals surface area contributed by atoms with Crippen LogP contribution in [0.5, 0.6) is 0 Å². The molecule has 2 saturated heterocycles. The SMILES string of the molecule is CCCC[C@@]1(OC(=O)CCC(=O)O)CC[C@]2(CC[C@H](C)[C@@H](CC=C(C)C=CC(C)O)O2)O[C@H]1C=CC(C)=CC(=O)OC. The summed E-state index contributed by atoms with van der Waals surface area (Å²) < 4.78 is 24.4. The highest BCUT2D eigenvalue weighted by Crippen LogP contribution is 2.48. The van der Waals surface area contributed by atoms with Gasteiger partial charge >= 0.3 is 17.9 Å². The molecule has 1 spiro atoms. The smallest absolute Gasteiger partial charge is 0.330 e. The molecule has 42 heavy (non-hydrogen) atoms. The fourth-order valence-electron chi connectivity index (χ4n) is 5.38. The van der Waals surface area contributed by atoms with E-state index >= 15 is 0 Å². The van der Waals surface area contributed by atoms with Crippen LogP contribution < -0.4 is 0 Å². The lowest BCUT2D eigenvalue weighted by atomic mass is 9.78. The van der Waals surface area contributed by atoms with Gasteiger partial charge in [0.1, 0.15) is 11.7 Å². The minimum atomic E-state index is -1.06. The molecule has 0 saturated carbocycles. The topological polar surface area (TPSA) is 129 Å². The molecule has 0 aromatic rings. The standard InChI is InChI=1S/C33H50O9/c1-7-8-18-32(42-30(37)16-15-29(35)36)20-21-33(41-28(32)14-11-24(3)22-31(38)39-6)19-17-25(4)27(40-33)13-10-23(2)9-12-26(5)34/h9-12,14,22,25-28,34H,7-8,13,15-21H2,1-6H3,(H,35,36)/t25-,26?,27+,28-,32+,33-/m0/s1. The maximum atomic E-state index is 12.9. The third-order valence-electron chi connectivity index (χ3n) is 7.97. The van der Waals surface area contributed by atoms with Crippen LogP contribution in [0.1, 0.15) is 98.8 Å². The van der Waals surface area contributed by atoms with Gasteiger partial charge in [0.25, 0.3) is 0 Å². The minimum absolute atomic E-state index is 0.0829. The summed E-state index contributed by atoms with van der Waals surface area (Å²) in [5.41, 5.74) is 0.688. The fourth-order valence-corrected chi connectivity index (χ4v) is 5.38. The number of aliphatic hydroxyl groups is 1. The average molecular weight is 591 g/mol. The Hall–Kier alpha value is -2.75. The van der Waals surface area contributed by atoms with Crippen molar-refractivity contribution in [1.82, 2.24) is 0 Å². The van der Waals surface area contributed by atoms with E-state index in [0.29, 0.717) is 43.6 Å². The second-order valence-electron chi connectivity index (χ2n) is 11.7. The van der Waals surface area contributed by atoms with Gasteiger partial charge in [0.15, 0.2) is 5.79 Å². The Morgan fingerprint density at radius 3 is 2.45 bits per heavy atom. The largest absolute Gasteiger partial charge is 0.481 e. The second kappa shape index (κ2) is 16.8.